The van der Waals surface area contributed by atoms with Gasteiger partial charge < -0.3 is 9.64 Å². The minimum atomic E-state index is -0.656. The SMILES string of the molecule is COc1ccc(CN(C)C(=O)C#N)cc1F. The van der Waals surface area contributed by atoms with Gasteiger partial charge in [-0.25, -0.2) is 4.39 Å². The molecule has 0 radical (unpaired) electrons. The molecule has 5 heteroatoms. The van der Waals surface area contributed by atoms with Crippen LogP contribution in [0.1, 0.15) is 5.56 Å². The summed E-state index contributed by atoms with van der Waals surface area (Å²) in [5.41, 5.74) is 0.601. The highest BCUT2D eigenvalue weighted by molar-refractivity contribution is 5.90. The van der Waals surface area contributed by atoms with Crippen molar-refractivity contribution in [2.45, 2.75) is 6.54 Å². The van der Waals surface area contributed by atoms with Crippen LogP contribution in [0.2, 0.25) is 0 Å². The number of nitriles is 1. The Bertz CT molecular complexity index is 440. The summed E-state index contributed by atoms with van der Waals surface area (Å²) in [6, 6.07) is 5.89. The molecule has 0 unspecified atom stereocenters. The lowest BCUT2D eigenvalue weighted by Gasteiger charge is -2.13. The van der Waals surface area contributed by atoms with Crippen LogP contribution in [0.3, 0.4) is 0 Å². The lowest BCUT2D eigenvalue weighted by Crippen LogP contribution is -2.24. The maximum Gasteiger partial charge on any atom is 0.325 e. The number of hydrogen-bond donors (Lipinski definition) is 0. The number of carbonyl (C=O) groups excluding carboxylic acids is 1. The Hall–Kier alpha value is -2.09. The number of benzene rings is 1. The predicted octanol–water partition coefficient (Wildman–Crippen LogP) is 1.32. The monoisotopic (exact) mass is 222 g/mol. The second kappa shape index (κ2) is 5.12. The molecule has 1 amide bonds. The van der Waals surface area contributed by atoms with Crippen molar-refractivity contribution >= 4 is 5.91 Å². The number of rotatable bonds is 3. The maximum absolute atomic E-state index is 13.3. The van der Waals surface area contributed by atoms with Crippen LogP contribution in [0.25, 0.3) is 0 Å². The van der Waals surface area contributed by atoms with Gasteiger partial charge in [-0.1, -0.05) is 6.07 Å². The highest BCUT2D eigenvalue weighted by Crippen LogP contribution is 2.18. The van der Waals surface area contributed by atoms with Gasteiger partial charge in [0.1, 0.15) is 0 Å². The molecule has 0 aliphatic heterocycles. The first-order valence-electron chi connectivity index (χ1n) is 4.56. The average molecular weight is 222 g/mol. The Morgan fingerprint density at radius 3 is 2.81 bits per heavy atom. The largest absolute Gasteiger partial charge is 0.494 e. The van der Waals surface area contributed by atoms with Crippen LogP contribution in [-0.2, 0) is 11.3 Å². The smallest absolute Gasteiger partial charge is 0.325 e. The van der Waals surface area contributed by atoms with Gasteiger partial charge >= 0.3 is 5.91 Å². The van der Waals surface area contributed by atoms with Crippen molar-refractivity contribution in [2.75, 3.05) is 14.2 Å². The number of hydrogen-bond acceptors (Lipinski definition) is 3. The number of halogens is 1. The predicted molar refractivity (Wildman–Crippen MR) is 55.0 cm³/mol. The van der Waals surface area contributed by atoms with Gasteiger partial charge in [0.2, 0.25) is 0 Å². The molecule has 0 spiro atoms. The van der Waals surface area contributed by atoms with Crippen molar-refractivity contribution in [3.8, 4) is 11.8 Å². The minimum absolute atomic E-state index is 0.151. The zero-order valence-electron chi connectivity index (χ0n) is 9.03. The molecule has 1 aromatic carbocycles. The van der Waals surface area contributed by atoms with Gasteiger partial charge in [-0.05, 0) is 17.7 Å². The number of ether oxygens (including phenoxy) is 1. The van der Waals surface area contributed by atoms with Crippen LogP contribution in [0.15, 0.2) is 18.2 Å². The Morgan fingerprint density at radius 1 is 1.62 bits per heavy atom. The van der Waals surface area contributed by atoms with Gasteiger partial charge in [-0.2, -0.15) is 5.26 Å². The fraction of sp³-hybridized carbons (Fsp3) is 0.273. The van der Waals surface area contributed by atoms with Gasteiger partial charge in [-0.15, -0.1) is 0 Å². The van der Waals surface area contributed by atoms with Crippen LogP contribution in [0.5, 0.6) is 5.75 Å². The first-order valence-corrected chi connectivity index (χ1v) is 4.56. The molecule has 0 saturated carbocycles. The zero-order chi connectivity index (χ0) is 12.1. The maximum atomic E-state index is 13.3. The normalized spacial score (nSPS) is 9.38. The van der Waals surface area contributed by atoms with Crippen LogP contribution in [-0.4, -0.2) is 25.0 Å². The van der Waals surface area contributed by atoms with E-state index < -0.39 is 11.7 Å². The summed E-state index contributed by atoms with van der Waals surface area (Å²) in [6.45, 7) is 0.188. The van der Waals surface area contributed by atoms with E-state index in [1.165, 1.54) is 37.3 Å². The molecule has 1 aromatic rings. The average Bonchev–Trinajstić information content (AvgIpc) is 2.28. The highest BCUT2D eigenvalue weighted by atomic mass is 19.1. The number of methoxy groups -OCH3 is 1. The molecule has 84 valence electrons. The molecule has 0 aliphatic rings. The van der Waals surface area contributed by atoms with Gasteiger partial charge in [0, 0.05) is 13.6 Å². The standard InChI is InChI=1S/C11H11FN2O2/c1-14(11(15)6-13)7-8-3-4-10(16-2)9(12)5-8/h3-5H,7H2,1-2H3. The van der Waals surface area contributed by atoms with Gasteiger partial charge in [0.05, 0.1) is 7.11 Å². The van der Waals surface area contributed by atoms with E-state index >= 15 is 0 Å². The quantitative estimate of drug-likeness (QED) is 0.725. The van der Waals surface area contributed by atoms with Crippen molar-refractivity contribution in [3.05, 3.63) is 29.6 Å². The summed E-state index contributed by atoms with van der Waals surface area (Å²) in [7, 11) is 2.86. The van der Waals surface area contributed by atoms with Crippen LogP contribution in [0, 0.1) is 17.1 Å². The van der Waals surface area contributed by atoms with E-state index in [4.69, 9.17) is 10.00 Å². The van der Waals surface area contributed by atoms with E-state index in [1.807, 2.05) is 0 Å². The second-order valence-electron chi connectivity index (χ2n) is 3.24. The molecular formula is C11H11FN2O2. The molecule has 0 aromatic heterocycles. The fourth-order valence-electron chi connectivity index (χ4n) is 1.24. The zero-order valence-corrected chi connectivity index (χ0v) is 9.03. The van der Waals surface area contributed by atoms with Crippen molar-refractivity contribution < 1.29 is 13.9 Å². The number of carbonyl (C=O) groups is 1. The highest BCUT2D eigenvalue weighted by Gasteiger charge is 2.09. The van der Waals surface area contributed by atoms with Crippen molar-refractivity contribution in [1.29, 1.82) is 5.26 Å². The molecule has 16 heavy (non-hydrogen) atoms. The third kappa shape index (κ3) is 2.70. The lowest BCUT2D eigenvalue weighted by molar-refractivity contribution is -0.124. The van der Waals surface area contributed by atoms with E-state index in [9.17, 15) is 9.18 Å². The Balaban J connectivity index is 2.80. The van der Waals surface area contributed by atoms with Crippen LogP contribution >= 0.6 is 0 Å². The number of nitrogens with zero attached hydrogens (tertiary/aromatic N) is 2. The Kier molecular flexibility index (Phi) is 3.84. The molecule has 0 fully saturated rings. The van der Waals surface area contributed by atoms with Crippen molar-refractivity contribution in [1.82, 2.24) is 4.90 Å². The van der Waals surface area contributed by atoms with E-state index in [0.29, 0.717) is 5.56 Å². The molecule has 0 N–H and O–H groups in total. The first-order chi connectivity index (χ1) is 7.58. The molecule has 0 atom stereocenters. The summed E-state index contributed by atoms with van der Waals surface area (Å²) in [5.74, 6) is -0.993. The van der Waals surface area contributed by atoms with Crippen LogP contribution < -0.4 is 4.74 Å². The molecule has 1 rings (SSSR count). The summed E-state index contributed by atoms with van der Waals surface area (Å²) in [6.07, 6.45) is 0. The molecule has 0 saturated heterocycles. The third-order valence-electron chi connectivity index (χ3n) is 2.08. The summed E-state index contributed by atoms with van der Waals surface area (Å²) >= 11 is 0. The van der Waals surface area contributed by atoms with E-state index in [-0.39, 0.29) is 12.3 Å². The Labute approximate surface area is 92.8 Å². The summed E-state index contributed by atoms with van der Waals surface area (Å²) in [5, 5.41) is 8.38. The molecule has 0 bridgehead atoms. The Morgan fingerprint density at radius 2 is 2.31 bits per heavy atom. The molecule has 0 aliphatic carbocycles. The van der Waals surface area contributed by atoms with E-state index in [2.05, 4.69) is 0 Å². The molecular weight excluding hydrogens is 211 g/mol. The fourth-order valence-corrected chi connectivity index (χ4v) is 1.24. The minimum Gasteiger partial charge on any atom is -0.494 e. The van der Waals surface area contributed by atoms with Gasteiger partial charge in [-0.3, -0.25) is 4.79 Å². The lowest BCUT2D eigenvalue weighted by atomic mass is 10.2. The van der Waals surface area contributed by atoms with Crippen LogP contribution in [0.4, 0.5) is 4.39 Å². The molecule has 4 nitrogen and oxygen atoms in total. The van der Waals surface area contributed by atoms with Gasteiger partial charge in [0.25, 0.3) is 0 Å². The first kappa shape index (κ1) is 12.0. The summed E-state index contributed by atoms with van der Waals surface area (Å²) in [4.78, 5) is 12.2. The summed E-state index contributed by atoms with van der Waals surface area (Å²) < 4.78 is 18.1. The molecule has 0 heterocycles. The van der Waals surface area contributed by atoms with E-state index in [1.54, 1.807) is 6.07 Å². The topological polar surface area (TPSA) is 53.3 Å². The van der Waals surface area contributed by atoms with Gasteiger partial charge in [0.15, 0.2) is 17.6 Å². The van der Waals surface area contributed by atoms with Crippen molar-refractivity contribution in [3.63, 3.8) is 0 Å². The van der Waals surface area contributed by atoms with E-state index in [0.717, 1.165) is 0 Å². The second-order valence-corrected chi connectivity index (χ2v) is 3.24. The third-order valence-corrected chi connectivity index (χ3v) is 2.08. The number of amides is 1. The van der Waals surface area contributed by atoms with Crippen molar-refractivity contribution in [2.24, 2.45) is 0 Å².